The molecule has 0 spiro atoms. The molecule has 0 aliphatic heterocycles. The van der Waals surface area contributed by atoms with Crippen LogP contribution in [0.3, 0.4) is 0 Å². The van der Waals surface area contributed by atoms with Crippen LogP contribution in [0.2, 0.25) is 0 Å². The van der Waals surface area contributed by atoms with Crippen LogP contribution in [0.15, 0.2) is 30.3 Å². The Hall–Kier alpha value is -1.74. The minimum Gasteiger partial charge on any atom is -0.384 e. The lowest BCUT2D eigenvalue weighted by atomic mass is 9.95. The molecule has 0 saturated carbocycles. The second-order valence-corrected chi connectivity index (χ2v) is 4.87. The van der Waals surface area contributed by atoms with Gasteiger partial charge in [-0.25, -0.2) is 8.78 Å². The maximum Gasteiger partial charge on any atom is 0.129 e. The van der Waals surface area contributed by atoms with Gasteiger partial charge in [-0.3, -0.25) is 0 Å². The summed E-state index contributed by atoms with van der Waals surface area (Å²) in [5.41, 5.74) is 2.91. The van der Waals surface area contributed by atoms with Crippen molar-refractivity contribution in [2.24, 2.45) is 0 Å². The molecule has 100 valence electrons. The second kappa shape index (κ2) is 5.10. The molecule has 0 fully saturated rings. The quantitative estimate of drug-likeness (QED) is 0.868. The Balaban J connectivity index is 2.47. The summed E-state index contributed by atoms with van der Waals surface area (Å²) in [6.45, 7) is 5.07. The van der Waals surface area contributed by atoms with Crippen LogP contribution in [0.25, 0.3) is 0 Å². The van der Waals surface area contributed by atoms with Crippen LogP contribution in [0.5, 0.6) is 0 Å². The fourth-order valence-electron chi connectivity index (χ4n) is 2.26. The number of aryl methyl sites for hydroxylation is 3. The number of hydrogen-bond donors (Lipinski definition) is 1. The number of rotatable bonds is 2. The van der Waals surface area contributed by atoms with Crippen LogP contribution in [0.4, 0.5) is 8.78 Å². The molecule has 0 amide bonds. The maximum atomic E-state index is 13.6. The van der Waals surface area contributed by atoms with E-state index in [0.717, 1.165) is 0 Å². The van der Waals surface area contributed by atoms with Gasteiger partial charge in [0.2, 0.25) is 0 Å². The van der Waals surface area contributed by atoms with E-state index in [1.165, 1.54) is 12.1 Å². The number of benzene rings is 2. The molecule has 0 aromatic heterocycles. The molecular weight excluding hydrogens is 246 g/mol. The van der Waals surface area contributed by atoms with E-state index >= 15 is 0 Å². The third-order valence-corrected chi connectivity index (χ3v) is 3.30. The molecule has 0 aliphatic rings. The number of halogens is 2. The monoisotopic (exact) mass is 262 g/mol. The first-order valence-electron chi connectivity index (χ1n) is 6.11. The molecule has 2 aromatic rings. The fraction of sp³-hybridized carbons (Fsp3) is 0.250. The van der Waals surface area contributed by atoms with E-state index in [4.69, 9.17) is 0 Å². The Kier molecular flexibility index (Phi) is 3.67. The third kappa shape index (κ3) is 2.66. The summed E-state index contributed by atoms with van der Waals surface area (Å²) in [6.07, 6.45) is -0.876. The molecule has 3 heteroatoms. The highest BCUT2D eigenvalue weighted by molar-refractivity contribution is 5.39. The highest BCUT2D eigenvalue weighted by Gasteiger charge is 2.15. The zero-order valence-corrected chi connectivity index (χ0v) is 11.2. The maximum absolute atomic E-state index is 13.6. The third-order valence-electron chi connectivity index (χ3n) is 3.30. The van der Waals surface area contributed by atoms with Crippen molar-refractivity contribution in [2.45, 2.75) is 26.9 Å². The largest absolute Gasteiger partial charge is 0.384 e. The molecule has 0 heterocycles. The lowest BCUT2D eigenvalue weighted by Gasteiger charge is -2.16. The van der Waals surface area contributed by atoms with Gasteiger partial charge in [0.05, 0.1) is 0 Å². The smallest absolute Gasteiger partial charge is 0.129 e. The zero-order valence-electron chi connectivity index (χ0n) is 11.2. The van der Waals surface area contributed by atoms with Gasteiger partial charge < -0.3 is 5.11 Å². The highest BCUT2D eigenvalue weighted by Crippen LogP contribution is 2.27. The lowest BCUT2D eigenvalue weighted by Crippen LogP contribution is -2.04. The summed E-state index contributed by atoms with van der Waals surface area (Å²) in [6, 6.07) is 7.49. The van der Waals surface area contributed by atoms with Crippen molar-refractivity contribution in [1.29, 1.82) is 0 Å². The zero-order chi connectivity index (χ0) is 14.2. The molecule has 2 aromatic carbocycles. The van der Waals surface area contributed by atoms with Crippen LogP contribution in [-0.2, 0) is 0 Å². The molecule has 0 radical (unpaired) electrons. The Morgan fingerprint density at radius 3 is 2.00 bits per heavy atom. The van der Waals surface area contributed by atoms with Gasteiger partial charge in [-0.05, 0) is 60.7 Å². The summed E-state index contributed by atoms with van der Waals surface area (Å²) < 4.78 is 26.6. The summed E-state index contributed by atoms with van der Waals surface area (Å²) in [4.78, 5) is 0. The summed E-state index contributed by atoms with van der Waals surface area (Å²) >= 11 is 0. The van der Waals surface area contributed by atoms with Crippen molar-refractivity contribution in [3.05, 3.63) is 69.8 Å². The van der Waals surface area contributed by atoms with Crippen LogP contribution >= 0.6 is 0 Å². The van der Waals surface area contributed by atoms with E-state index in [0.29, 0.717) is 27.8 Å². The normalized spacial score (nSPS) is 12.5. The van der Waals surface area contributed by atoms with Gasteiger partial charge in [0, 0.05) is 0 Å². The van der Waals surface area contributed by atoms with E-state index < -0.39 is 6.10 Å². The summed E-state index contributed by atoms with van der Waals surface area (Å²) in [5, 5.41) is 10.4. The van der Waals surface area contributed by atoms with Gasteiger partial charge in [0.25, 0.3) is 0 Å². The van der Waals surface area contributed by atoms with Crippen molar-refractivity contribution in [1.82, 2.24) is 0 Å². The average Bonchev–Trinajstić information content (AvgIpc) is 2.34. The lowest BCUT2D eigenvalue weighted by molar-refractivity contribution is 0.219. The number of hydrogen-bond acceptors (Lipinski definition) is 1. The summed E-state index contributed by atoms with van der Waals surface area (Å²) in [5.74, 6) is -0.591. The molecule has 0 bridgehead atoms. The first-order chi connectivity index (χ1) is 8.90. The fourth-order valence-corrected chi connectivity index (χ4v) is 2.26. The van der Waals surface area contributed by atoms with Crippen molar-refractivity contribution in [2.75, 3.05) is 0 Å². The van der Waals surface area contributed by atoms with Gasteiger partial charge in [0.15, 0.2) is 0 Å². The minimum absolute atomic E-state index is 0.258. The van der Waals surface area contributed by atoms with Crippen molar-refractivity contribution in [3.8, 4) is 0 Å². The molecule has 1 atom stereocenters. The molecule has 1 unspecified atom stereocenters. The molecule has 0 saturated heterocycles. The predicted molar refractivity (Wildman–Crippen MR) is 71.1 cm³/mol. The number of aliphatic hydroxyl groups is 1. The van der Waals surface area contributed by atoms with Gasteiger partial charge in [-0.2, -0.15) is 0 Å². The molecule has 1 nitrogen and oxygen atoms in total. The van der Waals surface area contributed by atoms with Crippen LogP contribution in [0.1, 0.15) is 33.9 Å². The Labute approximate surface area is 111 Å². The molecular formula is C16H16F2O. The van der Waals surface area contributed by atoms with E-state index in [1.807, 2.05) is 0 Å². The minimum atomic E-state index is -0.876. The highest BCUT2D eigenvalue weighted by atomic mass is 19.1. The molecule has 0 aliphatic carbocycles. The van der Waals surface area contributed by atoms with Crippen LogP contribution in [0, 0.1) is 32.4 Å². The topological polar surface area (TPSA) is 20.2 Å². The average molecular weight is 262 g/mol. The Morgan fingerprint density at radius 2 is 1.47 bits per heavy atom. The SMILES string of the molecule is Cc1cc(F)ccc1C(O)c1cc(C)c(F)c(C)c1. The number of aliphatic hydroxyl groups excluding tert-OH is 1. The Morgan fingerprint density at radius 1 is 0.895 bits per heavy atom. The molecule has 1 N–H and O–H groups in total. The van der Waals surface area contributed by atoms with Gasteiger partial charge >= 0.3 is 0 Å². The van der Waals surface area contributed by atoms with Gasteiger partial charge in [-0.15, -0.1) is 0 Å². The first-order valence-corrected chi connectivity index (χ1v) is 6.11. The van der Waals surface area contributed by atoms with Crippen molar-refractivity contribution >= 4 is 0 Å². The van der Waals surface area contributed by atoms with E-state index in [-0.39, 0.29) is 11.6 Å². The van der Waals surface area contributed by atoms with E-state index in [2.05, 4.69) is 0 Å². The second-order valence-electron chi connectivity index (χ2n) is 4.87. The summed E-state index contributed by atoms with van der Waals surface area (Å²) in [7, 11) is 0. The van der Waals surface area contributed by atoms with Gasteiger partial charge in [0.1, 0.15) is 17.7 Å². The van der Waals surface area contributed by atoms with Crippen LogP contribution < -0.4 is 0 Å². The van der Waals surface area contributed by atoms with Crippen molar-refractivity contribution < 1.29 is 13.9 Å². The van der Waals surface area contributed by atoms with Crippen LogP contribution in [-0.4, -0.2) is 5.11 Å². The molecule has 19 heavy (non-hydrogen) atoms. The first kappa shape index (κ1) is 13.7. The van der Waals surface area contributed by atoms with E-state index in [9.17, 15) is 13.9 Å². The Bertz CT molecular complexity index is 597. The van der Waals surface area contributed by atoms with E-state index in [1.54, 1.807) is 39.0 Å². The predicted octanol–water partition coefficient (Wildman–Crippen LogP) is 3.97. The molecule has 2 rings (SSSR count). The standard InChI is InChI=1S/C16H16F2O/c1-9-8-13(17)4-5-14(9)16(19)12-6-10(2)15(18)11(3)7-12/h4-8,16,19H,1-3H3. The van der Waals surface area contributed by atoms with Crippen molar-refractivity contribution in [3.63, 3.8) is 0 Å². The van der Waals surface area contributed by atoms with Gasteiger partial charge in [-0.1, -0.05) is 18.2 Å².